The summed E-state index contributed by atoms with van der Waals surface area (Å²) < 4.78 is 35.5. The van der Waals surface area contributed by atoms with Gasteiger partial charge in [0.1, 0.15) is 11.5 Å². The SMILES string of the molecule is Cc1ccc(-c2c(Cl)ncnc2N(c2ccc(C(C)(C)C)cc2)S(=O)(=O)O)cc1. The van der Waals surface area contributed by atoms with E-state index in [2.05, 4.69) is 30.7 Å². The van der Waals surface area contributed by atoms with Gasteiger partial charge in [-0.3, -0.25) is 4.55 Å². The molecule has 0 fully saturated rings. The second-order valence-electron chi connectivity index (χ2n) is 7.77. The number of rotatable bonds is 4. The van der Waals surface area contributed by atoms with Crippen LogP contribution in [0.1, 0.15) is 31.9 Å². The molecule has 0 aliphatic heterocycles. The Balaban J connectivity index is 2.22. The van der Waals surface area contributed by atoms with E-state index in [1.807, 2.05) is 31.2 Å². The molecule has 2 aromatic carbocycles. The van der Waals surface area contributed by atoms with Gasteiger partial charge in [-0.15, -0.1) is 0 Å². The molecule has 0 aliphatic rings. The number of nitrogens with zero attached hydrogens (tertiary/aromatic N) is 3. The number of benzene rings is 2. The highest BCUT2D eigenvalue weighted by molar-refractivity contribution is 7.87. The fraction of sp³-hybridized carbons (Fsp3) is 0.238. The van der Waals surface area contributed by atoms with Gasteiger partial charge in [-0.25, -0.2) is 9.97 Å². The van der Waals surface area contributed by atoms with Crippen molar-refractivity contribution in [1.82, 2.24) is 9.97 Å². The average Bonchev–Trinajstić information content (AvgIpc) is 2.62. The average molecular weight is 432 g/mol. The molecular formula is C21H22ClN3O3S. The second-order valence-corrected chi connectivity index (χ2v) is 9.39. The third-order valence-corrected chi connectivity index (χ3v) is 5.64. The zero-order valence-corrected chi connectivity index (χ0v) is 18.2. The first-order valence-corrected chi connectivity index (χ1v) is 10.7. The van der Waals surface area contributed by atoms with Gasteiger partial charge in [0, 0.05) is 0 Å². The molecule has 0 saturated carbocycles. The minimum atomic E-state index is -4.69. The maximum atomic E-state index is 12.3. The van der Waals surface area contributed by atoms with Gasteiger partial charge < -0.3 is 0 Å². The summed E-state index contributed by atoms with van der Waals surface area (Å²) in [5, 5.41) is 0.0822. The Morgan fingerprint density at radius 1 is 0.966 bits per heavy atom. The van der Waals surface area contributed by atoms with Gasteiger partial charge in [-0.05, 0) is 35.6 Å². The normalized spacial score (nSPS) is 12.1. The molecule has 0 unspecified atom stereocenters. The molecule has 1 N–H and O–H groups in total. The van der Waals surface area contributed by atoms with Gasteiger partial charge in [0.05, 0.1) is 11.3 Å². The summed E-state index contributed by atoms with van der Waals surface area (Å²) in [6.07, 6.45) is 1.16. The highest BCUT2D eigenvalue weighted by Gasteiger charge is 2.28. The monoisotopic (exact) mass is 431 g/mol. The summed E-state index contributed by atoms with van der Waals surface area (Å²) in [4.78, 5) is 8.14. The van der Waals surface area contributed by atoms with Crippen molar-refractivity contribution in [3.05, 3.63) is 71.1 Å². The van der Waals surface area contributed by atoms with E-state index in [0.29, 0.717) is 11.1 Å². The highest BCUT2D eigenvalue weighted by atomic mass is 35.5. The van der Waals surface area contributed by atoms with Crippen molar-refractivity contribution in [3.8, 4) is 11.1 Å². The predicted octanol–water partition coefficient (Wildman–Crippen LogP) is 5.34. The topological polar surface area (TPSA) is 83.4 Å². The highest BCUT2D eigenvalue weighted by Crippen LogP contribution is 2.39. The van der Waals surface area contributed by atoms with Crippen LogP contribution in [0.3, 0.4) is 0 Å². The molecule has 1 heterocycles. The van der Waals surface area contributed by atoms with Crippen LogP contribution in [-0.2, 0) is 15.7 Å². The smallest absolute Gasteiger partial charge is 0.269 e. The number of hydrogen-bond acceptors (Lipinski definition) is 4. The number of aryl methyl sites for hydroxylation is 1. The predicted molar refractivity (Wildman–Crippen MR) is 116 cm³/mol. The molecule has 29 heavy (non-hydrogen) atoms. The van der Waals surface area contributed by atoms with Crippen LogP contribution in [0.2, 0.25) is 5.15 Å². The van der Waals surface area contributed by atoms with Crippen LogP contribution >= 0.6 is 11.6 Å². The van der Waals surface area contributed by atoms with Gasteiger partial charge >= 0.3 is 10.3 Å². The van der Waals surface area contributed by atoms with E-state index in [1.54, 1.807) is 24.3 Å². The molecule has 1 aromatic heterocycles. The fourth-order valence-electron chi connectivity index (χ4n) is 2.94. The van der Waals surface area contributed by atoms with Crippen molar-refractivity contribution in [3.63, 3.8) is 0 Å². The summed E-state index contributed by atoms with van der Waals surface area (Å²) in [6.45, 7) is 8.11. The molecule has 8 heteroatoms. The van der Waals surface area contributed by atoms with Gasteiger partial charge in [-0.1, -0.05) is 74.3 Å². The molecule has 0 bridgehead atoms. The Hall–Kier alpha value is -2.48. The van der Waals surface area contributed by atoms with Crippen LogP contribution in [0.5, 0.6) is 0 Å². The van der Waals surface area contributed by atoms with E-state index in [0.717, 1.165) is 21.8 Å². The molecule has 0 aliphatic carbocycles. The lowest BCUT2D eigenvalue weighted by Gasteiger charge is -2.24. The van der Waals surface area contributed by atoms with Gasteiger partial charge in [-0.2, -0.15) is 12.7 Å². The molecule has 0 saturated heterocycles. The minimum Gasteiger partial charge on any atom is -0.269 e. The summed E-state index contributed by atoms with van der Waals surface area (Å²) >= 11 is 6.32. The summed E-state index contributed by atoms with van der Waals surface area (Å²) in [6, 6.07) is 14.2. The lowest BCUT2D eigenvalue weighted by atomic mass is 9.87. The second kappa shape index (κ2) is 7.74. The Bertz CT molecular complexity index is 1120. The summed E-state index contributed by atoms with van der Waals surface area (Å²) in [5.41, 5.74) is 3.14. The molecule has 6 nitrogen and oxygen atoms in total. The van der Waals surface area contributed by atoms with E-state index < -0.39 is 10.3 Å². The number of aromatic nitrogens is 2. The van der Waals surface area contributed by atoms with Gasteiger partial charge in [0.15, 0.2) is 5.82 Å². The van der Waals surface area contributed by atoms with E-state index >= 15 is 0 Å². The first kappa shape index (κ1) is 21.2. The first-order valence-electron chi connectivity index (χ1n) is 8.94. The zero-order chi connectivity index (χ0) is 21.4. The number of anilines is 2. The largest absolute Gasteiger partial charge is 0.365 e. The van der Waals surface area contributed by atoms with Crippen molar-refractivity contribution in [2.24, 2.45) is 0 Å². The standard InChI is InChI=1S/C21H22ClN3O3S/c1-14-5-7-15(8-6-14)18-19(22)23-13-24-20(18)25(29(26,27)28)17-11-9-16(10-12-17)21(2,3)4/h5-13H,1-4H3,(H,26,27,28). The van der Waals surface area contributed by atoms with Crippen LogP contribution in [0.4, 0.5) is 11.5 Å². The van der Waals surface area contributed by atoms with Crippen LogP contribution in [0.25, 0.3) is 11.1 Å². The van der Waals surface area contributed by atoms with Crippen LogP contribution in [0, 0.1) is 6.92 Å². The minimum absolute atomic E-state index is 0.0279. The number of hydrogen-bond donors (Lipinski definition) is 1. The van der Waals surface area contributed by atoms with Gasteiger partial charge in [0.25, 0.3) is 0 Å². The van der Waals surface area contributed by atoms with E-state index in [-0.39, 0.29) is 22.1 Å². The third kappa shape index (κ3) is 4.58. The molecule has 0 atom stereocenters. The summed E-state index contributed by atoms with van der Waals surface area (Å²) in [5.74, 6) is -0.0279. The fourth-order valence-corrected chi connectivity index (χ4v) is 3.92. The van der Waals surface area contributed by atoms with E-state index in [4.69, 9.17) is 11.6 Å². The maximum Gasteiger partial charge on any atom is 0.365 e. The molecule has 3 aromatic rings. The first-order chi connectivity index (χ1) is 13.5. The lowest BCUT2D eigenvalue weighted by Crippen LogP contribution is -2.27. The van der Waals surface area contributed by atoms with E-state index in [9.17, 15) is 13.0 Å². The maximum absolute atomic E-state index is 12.3. The molecule has 152 valence electrons. The molecule has 3 rings (SSSR count). The third-order valence-electron chi connectivity index (χ3n) is 4.51. The van der Waals surface area contributed by atoms with Crippen molar-refractivity contribution in [2.45, 2.75) is 33.1 Å². The van der Waals surface area contributed by atoms with Crippen molar-refractivity contribution in [2.75, 3.05) is 4.31 Å². The molecule has 0 amide bonds. The molecule has 0 spiro atoms. The van der Waals surface area contributed by atoms with Crippen LogP contribution < -0.4 is 4.31 Å². The van der Waals surface area contributed by atoms with Crippen molar-refractivity contribution >= 4 is 33.4 Å². The number of halogens is 1. The van der Waals surface area contributed by atoms with Crippen molar-refractivity contribution in [1.29, 1.82) is 0 Å². The Labute approximate surface area is 176 Å². The zero-order valence-electron chi connectivity index (χ0n) is 16.6. The summed E-state index contributed by atoms with van der Waals surface area (Å²) in [7, 11) is -4.69. The van der Waals surface area contributed by atoms with E-state index in [1.165, 1.54) is 0 Å². The molecule has 0 radical (unpaired) electrons. The van der Waals surface area contributed by atoms with Crippen molar-refractivity contribution < 1.29 is 13.0 Å². The van der Waals surface area contributed by atoms with Gasteiger partial charge in [0.2, 0.25) is 0 Å². The Morgan fingerprint density at radius 3 is 2.07 bits per heavy atom. The quantitative estimate of drug-likeness (QED) is 0.445. The van der Waals surface area contributed by atoms with Crippen LogP contribution in [-0.4, -0.2) is 22.9 Å². The molecular weight excluding hydrogens is 410 g/mol. The van der Waals surface area contributed by atoms with Crippen LogP contribution in [0.15, 0.2) is 54.9 Å². The lowest BCUT2D eigenvalue weighted by molar-refractivity contribution is 0.483. The Kier molecular flexibility index (Phi) is 5.67. The Morgan fingerprint density at radius 2 is 1.55 bits per heavy atom.